The Morgan fingerprint density at radius 1 is 1.08 bits per heavy atom. The molecule has 0 amide bonds. The van der Waals surface area contributed by atoms with Gasteiger partial charge >= 0.3 is 10.3 Å². The molecule has 132 valence electrons. The lowest BCUT2D eigenvalue weighted by molar-refractivity contribution is 0.0745. The first kappa shape index (κ1) is 18.6. The van der Waals surface area contributed by atoms with Crippen molar-refractivity contribution < 1.29 is 27.9 Å². The number of aliphatic hydroxyl groups is 2. The van der Waals surface area contributed by atoms with Gasteiger partial charge in [0.2, 0.25) is 0 Å². The summed E-state index contributed by atoms with van der Waals surface area (Å²) in [6, 6.07) is 13.2. The average molecular weight is 355 g/mol. The molecule has 2 aromatic carbocycles. The second-order valence-corrected chi connectivity index (χ2v) is 7.03. The van der Waals surface area contributed by atoms with Crippen LogP contribution in [-0.2, 0) is 10.3 Å². The Morgan fingerprint density at radius 2 is 1.75 bits per heavy atom. The van der Waals surface area contributed by atoms with Crippen LogP contribution in [-0.4, -0.2) is 59.4 Å². The minimum absolute atomic E-state index is 0.149. The highest BCUT2D eigenvalue weighted by atomic mass is 32.2. The lowest BCUT2D eigenvalue weighted by Gasteiger charge is -2.23. The van der Waals surface area contributed by atoms with Crippen molar-refractivity contribution in [3.8, 4) is 5.75 Å². The summed E-state index contributed by atoms with van der Waals surface area (Å²) in [4.78, 5) is 0. The van der Waals surface area contributed by atoms with Crippen molar-refractivity contribution in [2.75, 3.05) is 19.7 Å². The van der Waals surface area contributed by atoms with Crippen LogP contribution < -0.4 is 4.74 Å². The highest BCUT2D eigenvalue weighted by Gasteiger charge is 2.24. The number of rotatable bonds is 8. The maximum Gasteiger partial charge on any atom is 0.336 e. The Hall–Kier alpha value is -1.71. The van der Waals surface area contributed by atoms with Crippen molar-refractivity contribution in [1.29, 1.82) is 0 Å². The number of hydrogen-bond donors (Lipinski definition) is 3. The summed E-state index contributed by atoms with van der Waals surface area (Å²) in [5, 5.41) is 21.3. The molecule has 0 fully saturated rings. The summed E-state index contributed by atoms with van der Waals surface area (Å²) in [5.41, 5.74) is 0. The lowest BCUT2D eigenvalue weighted by Crippen LogP contribution is -2.42. The van der Waals surface area contributed by atoms with Crippen LogP contribution >= 0.6 is 0 Å². The molecule has 0 aromatic heterocycles. The van der Waals surface area contributed by atoms with Gasteiger partial charge in [-0.25, -0.2) is 0 Å². The minimum atomic E-state index is -4.51. The Morgan fingerprint density at radius 3 is 2.38 bits per heavy atom. The molecule has 0 aliphatic rings. The molecule has 0 unspecified atom stereocenters. The summed E-state index contributed by atoms with van der Waals surface area (Å²) in [5.74, 6) is 0.543. The number of hydrogen-bond acceptors (Lipinski definition) is 5. The first-order chi connectivity index (χ1) is 11.3. The van der Waals surface area contributed by atoms with Gasteiger partial charge in [-0.15, -0.1) is 0 Å². The van der Waals surface area contributed by atoms with E-state index < -0.39 is 22.5 Å². The number of aliphatic hydroxyl groups excluding tert-OH is 2. The van der Waals surface area contributed by atoms with Gasteiger partial charge in [0.25, 0.3) is 0 Å². The molecule has 0 aliphatic carbocycles. The zero-order valence-corrected chi connectivity index (χ0v) is 14.1. The van der Waals surface area contributed by atoms with E-state index in [0.717, 1.165) is 10.8 Å². The molecule has 3 N–H and O–H groups in total. The number of fused-ring (bicyclic) bond motifs is 1. The van der Waals surface area contributed by atoms with E-state index in [2.05, 4.69) is 0 Å². The molecular formula is C16H21NO6S. The zero-order chi connectivity index (χ0) is 17.7. The van der Waals surface area contributed by atoms with E-state index in [0.29, 0.717) is 10.1 Å². The van der Waals surface area contributed by atoms with Gasteiger partial charge in [-0.05, 0) is 29.8 Å². The third-order valence-corrected chi connectivity index (χ3v) is 4.32. The van der Waals surface area contributed by atoms with Crippen LogP contribution in [0.3, 0.4) is 0 Å². The summed E-state index contributed by atoms with van der Waals surface area (Å²) < 4.78 is 37.7. The van der Waals surface area contributed by atoms with Gasteiger partial charge in [0, 0.05) is 13.1 Å². The maximum absolute atomic E-state index is 11.2. The molecule has 2 atom stereocenters. The Bertz CT molecular complexity index is 777. The van der Waals surface area contributed by atoms with Gasteiger partial charge in [-0.2, -0.15) is 12.7 Å². The van der Waals surface area contributed by atoms with Crippen LogP contribution in [0.25, 0.3) is 10.8 Å². The average Bonchev–Trinajstić information content (AvgIpc) is 2.51. The van der Waals surface area contributed by atoms with Crippen molar-refractivity contribution in [2.45, 2.75) is 19.1 Å². The predicted molar refractivity (Wildman–Crippen MR) is 90.3 cm³/mol. The number of benzene rings is 2. The normalized spacial score (nSPS) is 14.7. The van der Waals surface area contributed by atoms with Crippen molar-refractivity contribution in [2.24, 2.45) is 0 Å². The summed E-state index contributed by atoms with van der Waals surface area (Å²) >= 11 is 0. The molecule has 0 heterocycles. The standard InChI is InChI=1S/C16H21NO6S/c1-12(18)9-17(24(20,21)22)10-15(19)11-23-16-7-6-13-4-2-3-5-14(13)8-16/h2-8,12,15,18-19H,9-11H2,1H3,(H,20,21,22)/t12-,15-/m0/s1. The van der Waals surface area contributed by atoms with Crippen LogP contribution in [0.2, 0.25) is 0 Å². The van der Waals surface area contributed by atoms with Gasteiger partial charge in [-0.1, -0.05) is 30.3 Å². The molecule has 2 rings (SSSR count). The number of ether oxygens (including phenoxy) is 1. The van der Waals surface area contributed by atoms with Crippen molar-refractivity contribution in [3.05, 3.63) is 42.5 Å². The fraction of sp³-hybridized carbons (Fsp3) is 0.375. The van der Waals surface area contributed by atoms with E-state index in [-0.39, 0.29) is 19.7 Å². The van der Waals surface area contributed by atoms with Crippen LogP contribution in [0, 0.1) is 0 Å². The molecular weight excluding hydrogens is 334 g/mol. The van der Waals surface area contributed by atoms with E-state index in [4.69, 9.17) is 9.29 Å². The van der Waals surface area contributed by atoms with Gasteiger partial charge in [0.1, 0.15) is 18.5 Å². The SMILES string of the molecule is C[C@H](O)CN(C[C@H](O)COc1ccc2ccccc2c1)S(=O)(=O)O. The fourth-order valence-electron chi connectivity index (χ4n) is 2.29. The summed E-state index contributed by atoms with van der Waals surface area (Å²) in [6.45, 7) is 0.545. The van der Waals surface area contributed by atoms with Crippen molar-refractivity contribution in [3.63, 3.8) is 0 Å². The van der Waals surface area contributed by atoms with E-state index in [1.54, 1.807) is 6.07 Å². The largest absolute Gasteiger partial charge is 0.491 e. The van der Waals surface area contributed by atoms with E-state index in [1.807, 2.05) is 36.4 Å². The molecule has 0 aliphatic heterocycles. The van der Waals surface area contributed by atoms with E-state index in [9.17, 15) is 18.6 Å². The highest BCUT2D eigenvalue weighted by Crippen LogP contribution is 2.20. The predicted octanol–water partition coefficient (Wildman–Crippen LogP) is 1.07. The van der Waals surface area contributed by atoms with E-state index >= 15 is 0 Å². The van der Waals surface area contributed by atoms with Crippen molar-refractivity contribution in [1.82, 2.24) is 4.31 Å². The topological polar surface area (TPSA) is 107 Å². The molecule has 24 heavy (non-hydrogen) atoms. The molecule has 0 radical (unpaired) electrons. The summed E-state index contributed by atoms with van der Waals surface area (Å²) in [6.07, 6.45) is -2.13. The smallest absolute Gasteiger partial charge is 0.336 e. The van der Waals surface area contributed by atoms with Crippen LogP contribution in [0.5, 0.6) is 5.75 Å². The van der Waals surface area contributed by atoms with Crippen LogP contribution in [0.15, 0.2) is 42.5 Å². The first-order valence-electron chi connectivity index (χ1n) is 7.46. The molecule has 0 bridgehead atoms. The minimum Gasteiger partial charge on any atom is -0.491 e. The third kappa shape index (κ3) is 5.43. The van der Waals surface area contributed by atoms with Gasteiger partial charge in [0.15, 0.2) is 0 Å². The molecule has 8 heteroatoms. The lowest BCUT2D eigenvalue weighted by atomic mass is 10.1. The maximum atomic E-state index is 11.2. The molecule has 2 aromatic rings. The van der Waals surface area contributed by atoms with Crippen LogP contribution in [0.4, 0.5) is 0 Å². The first-order valence-corrected chi connectivity index (χ1v) is 8.85. The Balaban J connectivity index is 1.96. The van der Waals surface area contributed by atoms with Gasteiger partial charge in [-0.3, -0.25) is 4.55 Å². The van der Waals surface area contributed by atoms with Crippen LogP contribution in [0.1, 0.15) is 6.92 Å². The van der Waals surface area contributed by atoms with E-state index in [1.165, 1.54) is 6.92 Å². The highest BCUT2D eigenvalue weighted by molar-refractivity contribution is 7.83. The van der Waals surface area contributed by atoms with Crippen molar-refractivity contribution >= 4 is 21.1 Å². The number of nitrogens with zero attached hydrogens (tertiary/aromatic N) is 1. The fourth-order valence-corrected chi connectivity index (χ4v) is 3.06. The molecule has 7 nitrogen and oxygen atoms in total. The molecule has 0 saturated carbocycles. The third-order valence-electron chi connectivity index (χ3n) is 3.37. The van der Waals surface area contributed by atoms with Gasteiger partial charge in [0.05, 0.1) is 6.10 Å². The molecule has 0 spiro atoms. The second-order valence-electron chi connectivity index (χ2n) is 5.62. The quantitative estimate of drug-likeness (QED) is 0.611. The molecule has 0 saturated heterocycles. The Kier molecular flexibility index (Phi) is 6.14. The monoisotopic (exact) mass is 355 g/mol. The Labute approximate surface area is 141 Å². The zero-order valence-electron chi connectivity index (χ0n) is 13.2. The van der Waals surface area contributed by atoms with Gasteiger partial charge < -0.3 is 14.9 Å². The second kappa shape index (κ2) is 7.91. The summed E-state index contributed by atoms with van der Waals surface area (Å²) in [7, 11) is -4.51.